The van der Waals surface area contributed by atoms with E-state index in [1.807, 2.05) is 48.6 Å². The highest BCUT2D eigenvalue weighted by molar-refractivity contribution is 7.92. The lowest BCUT2D eigenvalue weighted by atomic mass is 10.0. The molecule has 0 radical (unpaired) electrons. The maximum absolute atomic E-state index is 13.6. The number of carboxylic acid groups (broad SMARTS) is 1. The first kappa shape index (κ1) is 99.2. The molecule has 0 bridgehead atoms. The molecule has 0 unspecified atom stereocenters. The van der Waals surface area contributed by atoms with Gasteiger partial charge in [0.05, 0.1) is 153 Å². The van der Waals surface area contributed by atoms with E-state index in [0.717, 1.165) is 13.0 Å². The quantitative estimate of drug-likeness (QED) is 0.0198. The number of likely N-dealkylation sites (N-methyl/N-ethyl adjacent to an activating group) is 1. The number of piperidine rings is 2. The fourth-order valence-corrected chi connectivity index (χ4v) is 20.0. The van der Waals surface area contributed by atoms with Crippen LogP contribution in [0.5, 0.6) is 17.2 Å². The van der Waals surface area contributed by atoms with E-state index >= 15 is 0 Å². The van der Waals surface area contributed by atoms with E-state index in [-0.39, 0.29) is 165 Å². The summed E-state index contributed by atoms with van der Waals surface area (Å²) in [6.07, 6.45) is 6.71. The normalized spacial score (nSPS) is 16.3. The Kier molecular flexibility index (Phi) is 30.9. The number of hydrogen-bond donors (Lipinski definition) is 7. The molecule has 0 spiro atoms. The van der Waals surface area contributed by atoms with Crippen molar-refractivity contribution in [3.8, 4) is 23.3 Å². The number of sulfone groups is 3. The average Bonchev–Trinajstić information content (AvgIpc) is 1.61. The number of benzene rings is 6. The van der Waals surface area contributed by atoms with Crippen LogP contribution in [-0.4, -0.2) is 243 Å². The standard InChI is InChI=1S/C32H36ClN7O5S.C31H35ClN6O7S.C29H33ClN6O5S/c1-19(2)45-27-17-23-22(30(41)40(31(23)42)21-10-14-39(15-11-21)13-7-12-34)16-26(27)37-32-35-18-24(33)29(38-32)36-25-8-5-6-9-28(25)46(43,44)20(3)4;1-17(2)45-25-14-21-20(29(41)38(30(21)42)19-9-11-37(12-10-19)16-27(39)40)13-24(25)35-31-33-15-22(32)28(36-31)34-23-7-5-6-8-26(23)46(43,44)18(3)4;1-16(2)41-24-13-20-19(27(37)36(28(20)38)18-10-11-35(5)15-18)12-23(24)33-29-31-14-21(30)26(34-29)32-22-8-6-7-9-25(22)42(39,40)17(3)4/h5-6,8-9,16-21H,7,10-11,13-15H2,1-4H3,(H2,35,36,37,38);5-8,13-15,17-19H,9-12,16H2,1-4H3,(H,39,40)(H2,33,34,35,36);6-9,12-14,16-18H,10-11,15H2,1-5H3,(H2,31,32,33,34)/t;;18-/m..0/s1. The Morgan fingerprint density at radius 2 is 0.709 bits per heavy atom. The maximum atomic E-state index is 13.6. The van der Waals surface area contributed by atoms with Crippen LogP contribution < -0.4 is 46.1 Å². The summed E-state index contributed by atoms with van der Waals surface area (Å²) in [6.45, 7) is 25.0. The molecule has 9 aromatic rings. The fraction of sp³-hybridized carbons (Fsp3) is 0.391. The first-order valence-electron chi connectivity index (χ1n) is 43.6. The molecule has 6 amide bonds. The number of nitriles is 1. The van der Waals surface area contributed by atoms with Gasteiger partial charge >= 0.3 is 5.97 Å². The number of carbonyl (C=O) groups is 7. The summed E-state index contributed by atoms with van der Waals surface area (Å²) in [7, 11) is -8.86. The van der Waals surface area contributed by atoms with Gasteiger partial charge in [0.25, 0.3) is 35.4 Å². The average molecular weight is 1950 g/mol. The number of ether oxygens (including phenoxy) is 3. The minimum absolute atomic E-state index is 0.0732. The van der Waals surface area contributed by atoms with Crippen molar-refractivity contribution in [3.63, 3.8) is 0 Å². The number of carboxylic acids is 1. The highest BCUT2D eigenvalue weighted by atomic mass is 35.5. The number of nitrogens with one attached hydrogen (secondary N) is 6. The Balaban J connectivity index is 0.000000171. The van der Waals surface area contributed by atoms with Crippen LogP contribution in [0.4, 0.5) is 69.4 Å². The first-order chi connectivity index (χ1) is 63.5. The summed E-state index contributed by atoms with van der Waals surface area (Å²) in [5, 5.41) is 34.9. The minimum Gasteiger partial charge on any atom is -0.489 e. The topological polar surface area (TPSA) is 463 Å². The molecule has 36 nitrogen and oxygen atoms in total. The molecule has 3 aromatic heterocycles. The highest BCUT2D eigenvalue weighted by Gasteiger charge is 2.46. The predicted octanol–water partition coefficient (Wildman–Crippen LogP) is 15.2. The molecular weight excluding hydrogens is 1850 g/mol. The number of likely N-dealkylation sites (tertiary alicyclic amines) is 3. The molecule has 0 saturated carbocycles. The van der Waals surface area contributed by atoms with Crippen LogP contribution in [0.25, 0.3) is 0 Å². The molecular formula is C92H104Cl3N19O17S3. The molecule has 42 heteroatoms. The Morgan fingerprint density at radius 1 is 0.425 bits per heavy atom. The van der Waals surface area contributed by atoms with E-state index in [1.165, 1.54) is 63.6 Å². The van der Waals surface area contributed by atoms with Gasteiger partial charge in [-0.3, -0.25) is 53.2 Å². The number of aromatic nitrogens is 6. The molecule has 1 atom stereocenters. The highest BCUT2D eigenvalue weighted by Crippen LogP contribution is 2.44. The van der Waals surface area contributed by atoms with Gasteiger partial charge in [0.15, 0.2) is 47.0 Å². The van der Waals surface area contributed by atoms with Gasteiger partial charge < -0.3 is 61.0 Å². The second-order valence-corrected chi connectivity index (χ2v) is 43.0. The van der Waals surface area contributed by atoms with Crippen molar-refractivity contribution in [1.82, 2.24) is 59.3 Å². The second-order valence-electron chi connectivity index (χ2n) is 34.4. The third-order valence-corrected chi connectivity index (χ3v) is 30.3. The lowest BCUT2D eigenvalue weighted by molar-refractivity contribution is -0.138. The zero-order valence-electron chi connectivity index (χ0n) is 75.9. The number of imide groups is 3. The van der Waals surface area contributed by atoms with Gasteiger partial charge in [-0.15, -0.1) is 0 Å². The number of halogens is 3. The number of anilines is 12. The van der Waals surface area contributed by atoms with E-state index in [4.69, 9.17) is 59.4 Å². The molecule has 0 aliphatic carbocycles. The number of para-hydroxylation sites is 3. The number of hydrogen-bond acceptors (Lipinski definition) is 32. The van der Waals surface area contributed by atoms with E-state index in [0.29, 0.717) is 123 Å². The smallest absolute Gasteiger partial charge is 0.317 e. The van der Waals surface area contributed by atoms with Gasteiger partial charge in [-0.05, 0) is 202 Å². The third kappa shape index (κ3) is 22.0. The number of fused-ring (bicyclic) bond motifs is 3. The number of rotatable bonds is 31. The molecule has 9 heterocycles. The van der Waals surface area contributed by atoms with E-state index < -0.39 is 63.0 Å². The van der Waals surface area contributed by atoms with Crippen LogP contribution in [-0.2, 0) is 34.3 Å². The van der Waals surface area contributed by atoms with Crippen LogP contribution in [0.2, 0.25) is 15.1 Å². The SMILES string of the molecule is CC(C)Oc1cc2c(cc1Nc1ncc(Cl)c(Nc3ccccc3S(=O)(=O)C(C)C)n1)C(=O)N(C1CCN(CC(=O)O)CC1)C2=O.CC(C)Oc1cc2c(cc1Nc1ncc(Cl)c(Nc3ccccc3S(=O)(=O)C(C)C)n1)C(=O)N(C1CCN(CCC#N)CC1)C2=O.CC(C)Oc1cc2c(cc1Nc1ncc(Cl)c(Nc3ccccc3S(=O)(=O)C(C)C)n1)C(=O)N([C@H]1CCN(C)C1)C2=O. The molecule has 708 valence electrons. The Hall–Kier alpha value is -12.3. The van der Waals surface area contributed by atoms with Crippen molar-refractivity contribution in [2.75, 3.05) is 91.3 Å². The van der Waals surface area contributed by atoms with Gasteiger partial charge in [0.1, 0.15) is 32.3 Å². The van der Waals surface area contributed by atoms with Crippen LogP contribution in [0.1, 0.15) is 184 Å². The van der Waals surface area contributed by atoms with Crippen LogP contribution >= 0.6 is 34.8 Å². The molecule has 6 aromatic carbocycles. The van der Waals surface area contributed by atoms with Crippen LogP contribution in [0.15, 0.2) is 142 Å². The summed E-state index contributed by atoms with van der Waals surface area (Å²) in [5.41, 5.74) is 3.50. The summed E-state index contributed by atoms with van der Waals surface area (Å²) in [4.78, 5) is 129. The fourth-order valence-electron chi connectivity index (χ4n) is 16.0. The minimum atomic E-state index is -3.62. The van der Waals surface area contributed by atoms with Crippen LogP contribution in [0.3, 0.4) is 0 Å². The van der Waals surface area contributed by atoms with Gasteiger partial charge in [-0.1, -0.05) is 71.2 Å². The van der Waals surface area contributed by atoms with E-state index in [2.05, 4.69) is 77.7 Å². The van der Waals surface area contributed by atoms with Crippen molar-refractivity contribution in [2.45, 2.75) is 188 Å². The number of aliphatic carboxylic acids is 1. The van der Waals surface area contributed by atoms with Crippen molar-refractivity contribution in [3.05, 3.63) is 176 Å². The van der Waals surface area contributed by atoms with Crippen molar-refractivity contribution in [2.24, 2.45) is 0 Å². The monoisotopic (exact) mass is 1950 g/mol. The lowest BCUT2D eigenvalue weighted by Crippen LogP contribution is -2.48. The summed E-state index contributed by atoms with van der Waals surface area (Å²) in [5.74, 6) is -1.45. The summed E-state index contributed by atoms with van der Waals surface area (Å²) in [6, 6.07) is 30.2. The zero-order valence-corrected chi connectivity index (χ0v) is 80.6. The van der Waals surface area contributed by atoms with Crippen molar-refractivity contribution >= 4 is 175 Å². The van der Waals surface area contributed by atoms with Gasteiger partial charge in [0.2, 0.25) is 17.8 Å². The Labute approximate surface area is 792 Å². The van der Waals surface area contributed by atoms with Crippen LogP contribution in [0, 0.1) is 11.3 Å². The Bertz CT molecular complexity index is 6470. The molecule has 3 saturated heterocycles. The van der Waals surface area contributed by atoms with Crippen molar-refractivity contribution in [1.29, 1.82) is 5.26 Å². The molecule has 134 heavy (non-hydrogen) atoms. The molecule has 3 fully saturated rings. The number of amides is 6. The van der Waals surface area contributed by atoms with Gasteiger partial charge in [-0.2, -0.15) is 20.2 Å². The summed E-state index contributed by atoms with van der Waals surface area (Å²) < 4.78 is 95.8. The largest absolute Gasteiger partial charge is 0.489 e. The van der Waals surface area contributed by atoms with E-state index in [9.17, 15) is 58.8 Å². The van der Waals surface area contributed by atoms with Crippen molar-refractivity contribution < 1.29 is 78.1 Å². The molecule has 6 aliphatic rings. The predicted molar refractivity (Wildman–Crippen MR) is 508 cm³/mol. The van der Waals surface area contributed by atoms with Gasteiger partial charge in [-0.25, -0.2) is 40.2 Å². The van der Waals surface area contributed by atoms with E-state index in [1.54, 1.807) is 125 Å². The summed E-state index contributed by atoms with van der Waals surface area (Å²) >= 11 is 19.2. The first-order valence-corrected chi connectivity index (χ1v) is 49.4. The number of nitrogens with zero attached hydrogens (tertiary/aromatic N) is 13. The maximum Gasteiger partial charge on any atom is 0.317 e. The van der Waals surface area contributed by atoms with Gasteiger partial charge in [0, 0.05) is 57.8 Å². The molecule has 15 rings (SSSR count). The lowest BCUT2D eigenvalue weighted by Gasteiger charge is -2.35. The molecule has 6 aliphatic heterocycles. The second kappa shape index (κ2) is 41.7. The zero-order chi connectivity index (χ0) is 96.9. The third-order valence-electron chi connectivity index (χ3n) is 22.8. The Morgan fingerprint density at radius 3 is 0.985 bits per heavy atom. The molecule has 7 N–H and O–H groups in total. The number of carbonyl (C=O) groups excluding carboxylic acids is 6.